The molecule has 164 valence electrons. The van der Waals surface area contributed by atoms with Gasteiger partial charge in [0.15, 0.2) is 0 Å². The van der Waals surface area contributed by atoms with E-state index in [0.717, 1.165) is 48.3 Å². The van der Waals surface area contributed by atoms with Crippen LogP contribution in [0.15, 0.2) is 48.5 Å². The third-order valence-corrected chi connectivity index (χ3v) is 6.69. The van der Waals surface area contributed by atoms with Gasteiger partial charge in [0.1, 0.15) is 29.3 Å². The van der Waals surface area contributed by atoms with Crippen LogP contribution in [0.2, 0.25) is 0 Å². The van der Waals surface area contributed by atoms with Gasteiger partial charge >= 0.3 is 5.97 Å². The number of ketones is 1. The first-order valence-corrected chi connectivity index (χ1v) is 11.1. The lowest BCUT2D eigenvalue weighted by Gasteiger charge is -2.27. The van der Waals surface area contributed by atoms with Gasteiger partial charge in [0, 0.05) is 12.3 Å². The number of rotatable bonds is 6. The molecule has 2 fully saturated rings. The molecule has 0 aliphatic heterocycles. The molecule has 0 spiro atoms. The van der Waals surface area contributed by atoms with Crippen LogP contribution in [0.4, 0.5) is 0 Å². The van der Waals surface area contributed by atoms with Crippen molar-refractivity contribution >= 4 is 11.8 Å². The summed E-state index contributed by atoms with van der Waals surface area (Å²) in [5.74, 6) is -0.0186. The third-order valence-electron chi connectivity index (χ3n) is 6.69. The Morgan fingerprint density at radius 3 is 1.90 bits per heavy atom. The highest BCUT2D eigenvalue weighted by Gasteiger charge is 2.49. The predicted molar refractivity (Wildman–Crippen MR) is 118 cm³/mol. The average molecular weight is 423 g/mol. The van der Waals surface area contributed by atoms with Gasteiger partial charge in [0.2, 0.25) is 0 Å². The standard InChI is InChI=1S/C26H30O5/c1-29-19-12-8-17(9-13-19)22-16-23(27)25(26(28)31-21-6-4-3-5-7-21)24(22)18-10-14-20(30-2)15-11-18/h8-15,21-22,24-25H,3-7,16H2,1-2H3/t22-,24-,25+/m1/s1. The molecule has 0 saturated heterocycles. The Bertz CT molecular complexity index is 896. The summed E-state index contributed by atoms with van der Waals surface area (Å²) in [5, 5.41) is 0. The van der Waals surface area contributed by atoms with Crippen LogP contribution in [-0.4, -0.2) is 32.1 Å². The molecule has 2 saturated carbocycles. The second-order valence-electron chi connectivity index (χ2n) is 8.52. The van der Waals surface area contributed by atoms with Crippen LogP contribution in [0, 0.1) is 5.92 Å². The fraction of sp³-hybridized carbons (Fsp3) is 0.462. The number of ether oxygens (including phenoxy) is 3. The average Bonchev–Trinajstić information content (AvgIpc) is 3.17. The normalized spacial score (nSPS) is 24.1. The Morgan fingerprint density at radius 2 is 1.35 bits per heavy atom. The number of benzene rings is 2. The van der Waals surface area contributed by atoms with E-state index >= 15 is 0 Å². The molecule has 0 unspecified atom stereocenters. The Labute approximate surface area is 183 Å². The largest absolute Gasteiger partial charge is 0.497 e. The van der Waals surface area contributed by atoms with Gasteiger partial charge in [-0.25, -0.2) is 0 Å². The van der Waals surface area contributed by atoms with E-state index in [1.807, 2.05) is 48.5 Å². The van der Waals surface area contributed by atoms with Gasteiger partial charge in [-0.3, -0.25) is 9.59 Å². The molecule has 2 aliphatic carbocycles. The van der Waals surface area contributed by atoms with Gasteiger partial charge in [0.05, 0.1) is 14.2 Å². The van der Waals surface area contributed by atoms with E-state index < -0.39 is 5.92 Å². The highest BCUT2D eigenvalue weighted by molar-refractivity contribution is 6.02. The maximum absolute atomic E-state index is 13.2. The number of hydrogen-bond donors (Lipinski definition) is 0. The molecule has 0 amide bonds. The van der Waals surface area contributed by atoms with Crippen molar-refractivity contribution in [2.45, 2.75) is 56.5 Å². The minimum atomic E-state index is -0.776. The van der Waals surface area contributed by atoms with Gasteiger partial charge < -0.3 is 14.2 Å². The zero-order valence-corrected chi connectivity index (χ0v) is 18.2. The lowest BCUT2D eigenvalue weighted by Crippen LogP contribution is -2.31. The van der Waals surface area contributed by atoms with Crippen molar-refractivity contribution in [1.29, 1.82) is 0 Å². The molecule has 4 rings (SSSR count). The second kappa shape index (κ2) is 9.54. The monoisotopic (exact) mass is 422 g/mol. The minimum absolute atomic E-state index is 0.0394. The molecule has 2 aliphatic rings. The van der Waals surface area contributed by atoms with Gasteiger partial charge in [-0.15, -0.1) is 0 Å². The van der Waals surface area contributed by atoms with Gasteiger partial charge in [-0.1, -0.05) is 30.7 Å². The van der Waals surface area contributed by atoms with Crippen LogP contribution in [-0.2, 0) is 14.3 Å². The van der Waals surface area contributed by atoms with Gasteiger partial charge in [-0.2, -0.15) is 0 Å². The molecule has 3 atom stereocenters. The summed E-state index contributed by atoms with van der Waals surface area (Å²) in [6.07, 6.45) is 5.38. The van der Waals surface area contributed by atoms with Crippen LogP contribution in [0.5, 0.6) is 11.5 Å². The number of carbonyl (C=O) groups excluding carboxylic acids is 2. The molecule has 0 heterocycles. The Balaban J connectivity index is 1.65. The zero-order valence-electron chi connectivity index (χ0n) is 18.2. The molecule has 2 aromatic rings. The van der Waals surface area contributed by atoms with Crippen LogP contribution < -0.4 is 9.47 Å². The molecular weight excluding hydrogens is 392 g/mol. The molecule has 0 bridgehead atoms. The topological polar surface area (TPSA) is 61.8 Å². The van der Waals surface area contributed by atoms with Gasteiger partial charge in [0.25, 0.3) is 0 Å². The van der Waals surface area contributed by atoms with Crippen LogP contribution >= 0.6 is 0 Å². The molecule has 0 radical (unpaired) electrons. The third kappa shape index (κ3) is 4.60. The van der Waals surface area contributed by atoms with E-state index in [1.165, 1.54) is 6.42 Å². The van der Waals surface area contributed by atoms with Crippen molar-refractivity contribution in [1.82, 2.24) is 0 Å². The van der Waals surface area contributed by atoms with Gasteiger partial charge in [-0.05, 0) is 67.0 Å². The molecule has 5 nitrogen and oxygen atoms in total. The van der Waals surface area contributed by atoms with E-state index in [2.05, 4.69) is 0 Å². The maximum Gasteiger partial charge on any atom is 0.317 e. The zero-order chi connectivity index (χ0) is 21.8. The summed E-state index contributed by atoms with van der Waals surface area (Å²) in [7, 11) is 3.25. The fourth-order valence-corrected chi connectivity index (χ4v) is 5.03. The van der Waals surface area contributed by atoms with Crippen molar-refractivity contribution in [3.05, 3.63) is 59.7 Å². The van der Waals surface area contributed by atoms with Crippen molar-refractivity contribution in [3.63, 3.8) is 0 Å². The summed E-state index contributed by atoms with van der Waals surface area (Å²) in [5.41, 5.74) is 1.99. The number of Topliss-reactive ketones (excluding diaryl/α,β-unsaturated/α-hetero) is 1. The highest BCUT2D eigenvalue weighted by atomic mass is 16.5. The van der Waals surface area contributed by atoms with Crippen LogP contribution in [0.25, 0.3) is 0 Å². The Morgan fingerprint density at radius 1 is 0.806 bits per heavy atom. The van der Waals surface area contributed by atoms with E-state index in [-0.39, 0.29) is 29.7 Å². The van der Waals surface area contributed by atoms with E-state index in [1.54, 1.807) is 14.2 Å². The van der Waals surface area contributed by atoms with Crippen molar-refractivity contribution < 1.29 is 23.8 Å². The fourth-order valence-electron chi connectivity index (χ4n) is 5.03. The SMILES string of the molecule is COc1ccc([C@H]2[C@@H](C(=O)OC3CCCCC3)C(=O)C[C@@H]2c2ccc(OC)cc2)cc1. The molecular formula is C26H30O5. The Kier molecular flexibility index (Phi) is 6.59. The predicted octanol–water partition coefficient (Wildman–Crippen LogP) is 5.04. The number of carbonyl (C=O) groups is 2. The lowest BCUT2D eigenvalue weighted by atomic mass is 9.79. The minimum Gasteiger partial charge on any atom is -0.497 e. The second-order valence-corrected chi connectivity index (χ2v) is 8.52. The van der Waals surface area contributed by atoms with E-state index in [0.29, 0.717) is 6.42 Å². The molecule has 2 aromatic carbocycles. The van der Waals surface area contributed by atoms with Crippen LogP contribution in [0.1, 0.15) is 61.5 Å². The number of esters is 1. The summed E-state index contributed by atoms with van der Waals surface area (Å²) in [6, 6.07) is 15.5. The summed E-state index contributed by atoms with van der Waals surface area (Å²) in [6.45, 7) is 0. The first kappa shape index (κ1) is 21.4. The Hall–Kier alpha value is -2.82. The van der Waals surface area contributed by atoms with Crippen LogP contribution in [0.3, 0.4) is 0 Å². The summed E-state index contributed by atoms with van der Waals surface area (Å²) >= 11 is 0. The highest BCUT2D eigenvalue weighted by Crippen LogP contribution is 2.49. The van der Waals surface area contributed by atoms with Crippen molar-refractivity contribution in [2.24, 2.45) is 5.92 Å². The lowest BCUT2D eigenvalue weighted by molar-refractivity contribution is -0.157. The maximum atomic E-state index is 13.2. The molecule has 0 aromatic heterocycles. The molecule has 31 heavy (non-hydrogen) atoms. The molecule has 0 N–H and O–H groups in total. The first-order chi connectivity index (χ1) is 15.1. The first-order valence-electron chi connectivity index (χ1n) is 11.1. The number of methoxy groups -OCH3 is 2. The quantitative estimate of drug-likeness (QED) is 0.482. The summed E-state index contributed by atoms with van der Waals surface area (Å²) in [4.78, 5) is 26.3. The molecule has 5 heteroatoms. The number of hydrogen-bond acceptors (Lipinski definition) is 5. The smallest absolute Gasteiger partial charge is 0.317 e. The van der Waals surface area contributed by atoms with E-state index in [9.17, 15) is 9.59 Å². The van der Waals surface area contributed by atoms with Crippen molar-refractivity contribution in [3.8, 4) is 11.5 Å². The van der Waals surface area contributed by atoms with Crippen molar-refractivity contribution in [2.75, 3.05) is 14.2 Å². The van der Waals surface area contributed by atoms with E-state index in [4.69, 9.17) is 14.2 Å². The summed E-state index contributed by atoms with van der Waals surface area (Å²) < 4.78 is 16.4.